The summed E-state index contributed by atoms with van der Waals surface area (Å²) < 4.78 is 0.929. The lowest BCUT2D eigenvalue weighted by Crippen LogP contribution is -2.13. The quantitative estimate of drug-likeness (QED) is 0.662. The second-order valence-electron chi connectivity index (χ2n) is 5.53. The summed E-state index contributed by atoms with van der Waals surface area (Å²) in [4.78, 5) is 2.07. The first-order valence-corrected chi connectivity index (χ1v) is 8.73. The number of nitrogens with one attached hydrogen (secondary N) is 2. The molecular weight excluding hydrogens is 388 g/mol. The van der Waals surface area contributed by atoms with Gasteiger partial charge in [0.05, 0.1) is 5.70 Å². The third kappa shape index (κ3) is 4.66. The molecule has 0 saturated heterocycles. The van der Waals surface area contributed by atoms with Crippen molar-refractivity contribution in [3.63, 3.8) is 0 Å². The third-order valence-electron chi connectivity index (χ3n) is 3.56. The number of rotatable bonds is 6. The molecule has 0 fully saturated rings. The van der Waals surface area contributed by atoms with Crippen molar-refractivity contribution >= 4 is 50.3 Å². The first-order chi connectivity index (χ1) is 11.4. The molecule has 0 aliphatic carbocycles. The zero-order chi connectivity index (χ0) is 17.7. The zero-order valence-electron chi connectivity index (χ0n) is 14.0. The molecule has 0 amide bonds. The van der Waals surface area contributed by atoms with Gasteiger partial charge in [-0.2, -0.15) is 0 Å². The van der Waals surface area contributed by atoms with E-state index in [2.05, 4.69) is 49.7 Å². The highest BCUT2D eigenvalue weighted by molar-refractivity contribution is 9.11. The maximum atomic E-state index is 5.95. The monoisotopic (exact) mass is 408 g/mol. The van der Waals surface area contributed by atoms with Gasteiger partial charge in [-0.25, -0.2) is 0 Å². The fraction of sp³-hybridized carbons (Fsp3) is 0.222. The molecule has 0 aromatic heterocycles. The van der Waals surface area contributed by atoms with Crippen molar-refractivity contribution in [2.45, 2.75) is 0 Å². The van der Waals surface area contributed by atoms with Gasteiger partial charge in [0.25, 0.3) is 0 Å². The highest BCUT2D eigenvalue weighted by Gasteiger charge is 2.09. The molecule has 2 rings (SSSR count). The summed E-state index contributed by atoms with van der Waals surface area (Å²) >= 11 is 9.50. The standard InChI is InChI=1S/C18H22BrClN4/c1-22-18(17(19)11-21)12-8-15(10-16(9-12)24(2)3)23-14-6-4-13(20)5-7-14/h4-10,22-23H,11,21H2,1-3H3/b18-17+. The molecule has 4 nitrogen and oxygen atoms in total. The van der Waals surface area contributed by atoms with Gasteiger partial charge in [0.1, 0.15) is 0 Å². The molecule has 0 heterocycles. The van der Waals surface area contributed by atoms with Crippen LogP contribution in [0.4, 0.5) is 17.1 Å². The predicted octanol–water partition coefficient (Wildman–Crippen LogP) is 4.39. The van der Waals surface area contributed by atoms with Gasteiger partial charge in [0.2, 0.25) is 0 Å². The van der Waals surface area contributed by atoms with Gasteiger partial charge in [0.15, 0.2) is 0 Å². The van der Waals surface area contributed by atoms with Gasteiger partial charge in [-0.1, -0.05) is 27.5 Å². The van der Waals surface area contributed by atoms with E-state index >= 15 is 0 Å². The Balaban J connectivity index is 2.46. The molecule has 0 atom stereocenters. The van der Waals surface area contributed by atoms with Crippen LogP contribution in [0.25, 0.3) is 5.70 Å². The van der Waals surface area contributed by atoms with Crippen molar-refractivity contribution in [2.75, 3.05) is 37.9 Å². The Morgan fingerprint density at radius 1 is 1.12 bits per heavy atom. The molecule has 0 spiro atoms. The van der Waals surface area contributed by atoms with E-state index in [-0.39, 0.29) is 0 Å². The Morgan fingerprint density at radius 3 is 2.33 bits per heavy atom. The second-order valence-corrected chi connectivity index (χ2v) is 6.92. The Hall–Kier alpha value is -1.69. The van der Waals surface area contributed by atoms with Crippen LogP contribution in [-0.4, -0.2) is 27.7 Å². The zero-order valence-corrected chi connectivity index (χ0v) is 16.4. The van der Waals surface area contributed by atoms with Crippen molar-refractivity contribution in [1.82, 2.24) is 5.32 Å². The molecule has 128 valence electrons. The molecule has 6 heteroatoms. The van der Waals surface area contributed by atoms with Crippen LogP contribution in [0.5, 0.6) is 0 Å². The Kier molecular flexibility index (Phi) is 6.54. The number of halogens is 2. The summed E-state index contributed by atoms with van der Waals surface area (Å²) in [5.41, 5.74) is 10.9. The van der Waals surface area contributed by atoms with Gasteiger partial charge in [-0.3, -0.25) is 0 Å². The molecule has 2 aromatic carbocycles. The fourth-order valence-electron chi connectivity index (χ4n) is 2.32. The van der Waals surface area contributed by atoms with Gasteiger partial charge < -0.3 is 21.3 Å². The topological polar surface area (TPSA) is 53.3 Å². The van der Waals surface area contributed by atoms with Crippen LogP contribution in [-0.2, 0) is 0 Å². The van der Waals surface area contributed by atoms with Crippen LogP contribution < -0.4 is 21.3 Å². The van der Waals surface area contributed by atoms with Crippen molar-refractivity contribution in [3.05, 3.63) is 57.5 Å². The van der Waals surface area contributed by atoms with E-state index in [1.165, 1.54) is 0 Å². The molecule has 0 aliphatic heterocycles. The summed E-state index contributed by atoms with van der Waals surface area (Å²) in [6.45, 7) is 0.433. The smallest absolute Gasteiger partial charge is 0.0528 e. The average molecular weight is 410 g/mol. The summed E-state index contributed by atoms with van der Waals surface area (Å²) in [7, 11) is 5.93. The van der Waals surface area contributed by atoms with Gasteiger partial charge in [-0.15, -0.1) is 0 Å². The summed E-state index contributed by atoms with van der Waals surface area (Å²) in [5, 5.41) is 7.36. The Labute approximate surface area is 156 Å². The minimum absolute atomic E-state index is 0.433. The van der Waals surface area contributed by atoms with Crippen LogP contribution in [0.3, 0.4) is 0 Å². The van der Waals surface area contributed by atoms with Crippen molar-refractivity contribution in [1.29, 1.82) is 0 Å². The maximum Gasteiger partial charge on any atom is 0.0528 e. The van der Waals surface area contributed by atoms with E-state index < -0.39 is 0 Å². The van der Waals surface area contributed by atoms with Crippen LogP contribution in [0.2, 0.25) is 5.02 Å². The SMILES string of the molecule is CN/C(=C(/Br)CN)c1cc(Nc2ccc(Cl)cc2)cc(N(C)C)c1. The summed E-state index contributed by atoms with van der Waals surface area (Å²) in [6.07, 6.45) is 0. The molecule has 0 bridgehead atoms. The molecule has 4 N–H and O–H groups in total. The van der Waals surface area contributed by atoms with E-state index in [1.54, 1.807) is 0 Å². The largest absolute Gasteiger partial charge is 0.387 e. The molecule has 0 unspecified atom stereocenters. The van der Waals surface area contributed by atoms with E-state index in [9.17, 15) is 0 Å². The van der Waals surface area contributed by atoms with Crippen molar-refractivity contribution in [2.24, 2.45) is 5.73 Å². The van der Waals surface area contributed by atoms with Crippen LogP contribution >= 0.6 is 27.5 Å². The predicted molar refractivity (Wildman–Crippen MR) is 109 cm³/mol. The lowest BCUT2D eigenvalue weighted by molar-refractivity contribution is 1.09. The molecular formula is C18H22BrClN4. The average Bonchev–Trinajstić information content (AvgIpc) is 2.57. The highest BCUT2D eigenvalue weighted by Crippen LogP contribution is 2.29. The molecule has 0 radical (unpaired) electrons. The second kappa shape index (κ2) is 8.42. The maximum absolute atomic E-state index is 5.95. The Morgan fingerprint density at radius 2 is 1.79 bits per heavy atom. The number of hydrogen-bond donors (Lipinski definition) is 3. The van der Waals surface area contributed by atoms with Crippen molar-refractivity contribution < 1.29 is 0 Å². The lowest BCUT2D eigenvalue weighted by Gasteiger charge is -2.19. The molecule has 24 heavy (non-hydrogen) atoms. The van der Waals surface area contributed by atoms with Crippen LogP contribution in [0.15, 0.2) is 46.9 Å². The summed E-state index contributed by atoms with van der Waals surface area (Å²) in [6, 6.07) is 13.9. The number of hydrogen-bond acceptors (Lipinski definition) is 4. The van der Waals surface area contributed by atoms with E-state index in [0.29, 0.717) is 6.54 Å². The first-order valence-electron chi connectivity index (χ1n) is 7.56. The lowest BCUT2D eigenvalue weighted by atomic mass is 10.1. The number of nitrogens with zero attached hydrogens (tertiary/aromatic N) is 1. The third-order valence-corrected chi connectivity index (χ3v) is 4.53. The number of benzene rings is 2. The van der Waals surface area contributed by atoms with Crippen LogP contribution in [0.1, 0.15) is 5.56 Å². The van der Waals surface area contributed by atoms with E-state index in [1.807, 2.05) is 45.4 Å². The minimum Gasteiger partial charge on any atom is -0.387 e. The summed E-state index contributed by atoms with van der Waals surface area (Å²) in [5.74, 6) is 0. The van der Waals surface area contributed by atoms with Gasteiger partial charge in [-0.05, 0) is 42.5 Å². The van der Waals surface area contributed by atoms with Gasteiger partial charge >= 0.3 is 0 Å². The molecule has 0 saturated carbocycles. The van der Waals surface area contributed by atoms with E-state index in [0.717, 1.165) is 37.8 Å². The number of anilines is 3. The first kappa shape index (κ1) is 18.6. The van der Waals surface area contributed by atoms with Crippen LogP contribution in [0, 0.1) is 0 Å². The minimum atomic E-state index is 0.433. The normalized spacial score (nSPS) is 11.8. The van der Waals surface area contributed by atoms with Gasteiger partial charge in [0, 0.05) is 59.8 Å². The molecule has 2 aromatic rings. The van der Waals surface area contributed by atoms with Crippen molar-refractivity contribution in [3.8, 4) is 0 Å². The van der Waals surface area contributed by atoms with E-state index in [4.69, 9.17) is 17.3 Å². The number of nitrogens with two attached hydrogens (primary N) is 1. The highest BCUT2D eigenvalue weighted by atomic mass is 79.9. The molecule has 0 aliphatic rings. The fourth-order valence-corrected chi connectivity index (χ4v) is 2.88. The Bertz CT molecular complexity index is 726.